The highest BCUT2D eigenvalue weighted by Gasteiger charge is 2.14. The number of nitrogens with two attached hydrogens (primary N) is 1. The lowest BCUT2D eigenvalue weighted by Gasteiger charge is -2.16. The van der Waals surface area contributed by atoms with Gasteiger partial charge in [-0.25, -0.2) is 4.98 Å². The number of aromatic nitrogens is 1. The Hall–Kier alpha value is -1.27. The third-order valence-corrected chi connectivity index (χ3v) is 5.45. The van der Waals surface area contributed by atoms with Gasteiger partial charge < -0.3 is 0 Å². The van der Waals surface area contributed by atoms with E-state index in [0.717, 1.165) is 21.4 Å². The number of aryl methyl sites for hydroxylation is 1. The predicted molar refractivity (Wildman–Crippen MR) is 92.3 cm³/mol. The lowest BCUT2D eigenvalue weighted by atomic mass is 10.0. The van der Waals surface area contributed by atoms with Crippen molar-refractivity contribution in [3.05, 3.63) is 63.1 Å². The van der Waals surface area contributed by atoms with E-state index >= 15 is 0 Å². The topological polar surface area (TPSA) is 50.9 Å². The van der Waals surface area contributed by atoms with Gasteiger partial charge in [0.05, 0.1) is 21.3 Å². The molecule has 0 bridgehead atoms. The van der Waals surface area contributed by atoms with Gasteiger partial charge in [-0.15, -0.1) is 11.3 Å². The number of thiazole rings is 1. The number of benzene rings is 2. The molecule has 0 amide bonds. The molecule has 0 aliphatic rings. The predicted octanol–water partition coefficient (Wildman–Crippen LogP) is 4.11. The number of para-hydroxylation sites is 1. The minimum absolute atomic E-state index is 0.0670. The van der Waals surface area contributed by atoms with Crippen LogP contribution in [0.1, 0.15) is 22.2 Å². The zero-order chi connectivity index (χ0) is 14.8. The molecule has 1 aromatic heterocycles. The molecule has 2 aromatic carbocycles. The Balaban J connectivity index is 1.88. The molecule has 5 heteroatoms. The summed E-state index contributed by atoms with van der Waals surface area (Å²) in [5.74, 6) is 5.75. The summed E-state index contributed by atoms with van der Waals surface area (Å²) in [5, 5.41) is 1.10. The summed E-state index contributed by atoms with van der Waals surface area (Å²) < 4.78 is 2.33. The number of nitrogens with one attached hydrogen (secondary N) is 1. The summed E-state index contributed by atoms with van der Waals surface area (Å²) in [6.45, 7) is 2.08. The first-order valence-electron chi connectivity index (χ1n) is 6.74. The van der Waals surface area contributed by atoms with E-state index in [1.165, 1.54) is 15.8 Å². The van der Waals surface area contributed by atoms with Crippen molar-refractivity contribution in [1.29, 1.82) is 0 Å². The Morgan fingerprint density at radius 2 is 2.10 bits per heavy atom. The lowest BCUT2D eigenvalue weighted by Crippen LogP contribution is -2.29. The highest BCUT2D eigenvalue weighted by Crippen LogP contribution is 2.27. The number of hydrogen-bond acceptors (Lipinski definition) is 4. The highest BCUT2D eigenvalue weighted by molar-refractivity contribution is 9.10. The summed E-state index contributed by atoms with van der Waals surface area (Å²) >= 11 is 5.26. The molecular formula is C16H16BrN3S. The quantitative estimate of drug-likeness (QED) is 0.542. The van der Waals surface area contributed by atoms with Crippen LogP contribution in [0.3, 0.4) is 0 Å². The van der Waals surface area contributed by atoms with Gasteiger partial charge in [0.15, 0.2) is 0 Å². The average Bonchev–Trinajstić information content (AvgIpc) is 2.90. The van der Waals surface area contributed by atoms with Crippen LogP contribution in [0.15, 0.2) is 46.9 Å². The van der Waals surface area contributed by atoms with Crippen LogP contribution in [0.4, 0.5) is 0 Å². The highest BCUT2D eigenvalue weighted by atomic mass is 79.9. The van der Waals surface area contributed by atoms with Crippen molar-refractivity contribution in [3.63, 3.8) is 0 Å². The molecule has 1 heterocycles. The van der Waals surface area contributed by atoms with Gasteiger partial charge in [-0.2, -0.15) is 0 Å². The Morgan fingerprint density at radius 1 is 1.29 bits per heavy atom. The number of rotatable bonds is 4. The third-order valence-electron chi connectivity index (χ3n) is 3.50. The normalized spacial score (nSPS) is 12.7. The smallest absolute Gasteiger partial charge is 0.0958 e. The molecule has 0 spiro atoms. The van der Waals surface area contributed by atoms with Gasteiger partial charge in [-0.3, -0.25) is 11.3 Å². The van der Waals surface area contributed by atoms with Crippen LogP contribution in [0, 0.1) is 6.92 Å². The van der Waals surface area contributed by atoms with E-state index in [1.807, 2.05) is 18.2 Å². The largest absolute Gasteiger partial charge is 0.271 e. The van der Waals surface area contributed by atoms with Crippen LogP contribution < -0.4 is 11.3 Å². The molecule has 0 radical (unpaired) electrons. The molecule has 1 atom stereocenters. The average molecular weight is 362 g/mol. The van der Waals surface area contributed by atoms with E-state index in [9.17, 15) is 0 Å². The molecule has 21 heavy (non-hydrogen) atoms. The van der Waals surface area contributed by atoms with Crippen molar-refractivity contribution >= 4 is 37.5 Å². The van der Waals surface area contributed by atoms with Crippen molar-refractivity contribution < 1.29 is 0 Å². The van der Waals surface area contributed by atoms with Gasteiger partial charge in [0.1, 0.15) is 0 Å². The molecule has 0 saturated heterocycles. The summed E-state index contributed by atoms with van der Waals surface area (Å²) in [5.41, 5.74) is 6.35. The molecule has 1 unspecified atom stereocenters. The van der Waals surface area contributed by atoms with Gasteiger partial charge in [0.25, 0.3) is 0 Å². The van der Waals surface area contributed by atoms with Crippen LogP contribution in [0.25, 0.3) is 10.2 Å². The van der Waals surface area contributed by atoms with Crippen molar-refractivity contribution in [2.45, 2.75) is 19.4 Å². The van der Waals surface area contributed by atoms with E-state index in [0.29, 0.717) is 0 Å². The van der Waals surface area contributed by atoms with Crippen LogP contribution in [0.2, 0.25) is 0 Å². The van der Waals surface area contributed by atoms with Crippen LogP contribution in [-0.4, -0.2) is 4.98 Å². The molecular weight excluding hydrogens is 346 g/mol. The van der Waals surface area contributed by atoms with Crippen molar-refractivity contribution in [2.24, 2.45) is 5.84 Å². The molecule has 0 fully saturated rings. The fourth-order valence-electron chi connectivity index (χ4n) is 2.34. The summed E-state index contributed by atoms with van der Waals surface area (Å²) in [6.07, 6.45) is 0.789. The number of hydrazine groups is 1. The van der Waals surface area contributed by atoms with Crippen LogP contribution in [-0.2, 0) is 6.42 Å². The maximum atomic E-state index is 5.75. The molecule has 0 saturated carbocycles. The zero-order valence-electron chi connectivity index (χ0n) is 11.6. The van der Waals surface area contributed by atoms with Gasteiger partial charge in [0, 0.05) is 10.9 Å². The Kier molecular flexibility index (Phi) is 4.35. The Labute approximate surface area is 136 Å². The molecule has 0 aliphatic carbocycles. The lowest BCUT2D eigenvalue weighted by molar-refractivity contribution is 0.551. The molecule has 108 valence electrons. The van der Waals surface area contributed by atoms with E-state index in [1.54, 1.807) is 11.3 Å². The first-order valence-corrected chi connectivity index (χ1v) is 8.35. The Bertz CT molecular complexity index is 736. The minimum Gasteiger partial charge on any atom is -0.271 e. The third kappa shape index (κ3) is 3.16. The molecule has 3 nitrogen and oxygen atoms in total. The summed E-state index contributed by atoms with van der Waals surface area (Å²) in [4.78, 5) is 4.68. The number of halogens is 1. The molecule has 3 aromatic rings. The number of fused-ring (bicyclic) bond motifs is 1. The number of nitrogens with zero attached hydrogens (tertiary/aromatic N) is 1. The van der Waals surface area contributed by atoms with Gasteiger partial charge in [-0.1, -0.05) is 40.2 Å². The van der Waals surface area contributed by atoms with Gasteiger partial charge in [0.2, 0.25) is 0 Å². The van der Waals surface area contributed by atoms with Gasteiger partial charge >= 0.3 is 0 Å². The number of hydrogen-bond donors (Lipinski definition) is 2. The van der Waals surface area contributed by atoms with E-state index in [4.69, 9.17) is 5.84 Å². The molecule has 0 aliphatic heterocycles. The Morgan fingerprint density at radius 3 is 2.81 bits per heavy atom. The van der Waals surface area contributed by atoms with E-state index in [2.05, 4.69) is 57.5 Å². The van der Waals surface area contributed by atoms with E-state index in [-0.39, 0.29) is 6.04 Å². The monoisotopic (exact) mass is 361 g/mol. The second-order valence-electron chi connectivity index (χ2n) is 5.01. The fraction of sp³-hybridized carbons (Fsp3) is 0.188. The van der Waals surface area contributed by atoms with Crippen LogP contribution >= 0.6 is 27.3 Å². The van der Waals surface area contributed by atoms with Gasteiger partial charge in [-0.05, 0) is 36.2 Å². The van der Waals surface area contributed by atoms with Crippen molar-refractivity contribution in [2.75, 3.05) is 0 Å². The maximum Gasteiger partial charge on any atom is 0.0958 e. The minimum atomic E-state index is 0.0670. The fourth-order valence-corrected chi connectivity index (χ4v) is 3.60. The first kappa shape index (κ1) is 14.7. The maximum absolute atomic E-state index is 5.75. The second kappa shape index (κ2) is 6.23. The molecule has 3 N–H and O–H groups in total. The zero-order valence-corrected chi connectivity index (χ0v) is 14.0. The molecule has 3 rings (SSSR count). The van der Waals surface area contributed by atoms with E-state index < -0.39 is 0 Å². The van der Waals surface area contributed by atoms with Crippen molar-refractivity contribution in [1.82, 2.24) is 10.4 Å². The van der Waals surface area contributed by atoms with Crippen LogP contribution in [0.5, 0.6) is 0 Å². The summed E-state index contributed by atoms with van der Waals surface area (Å²) in [6, 6.07) is 14.6. The van der Waals surface area contributed by atoms with Crippen molar-refractivity contribution in [3.8, 4) is 0 Å². The summed E-state index contributed by atoms with van der Waals surface area (Å²) in [7, 11) is 0. The first-order chi connectivity index (χ1) is 10.2. The SMILES string of the molecule is Cc1cc(C(Cc2nc3ccccc3s2)NN)ccc1Br. The second-order valence-corrected chi connectivity index (χ2v) is 6.98. The standard InChI is InChI=1S/C16H16BrN3S/c1-10-8-11(6-7-12(10)17)14(20-18)9-16-19-13-4-2-3-5-15(13)21-16/h2-8,14,20H,9,18H2,1H3.